The Morgan fingerprint density at radius 3 is 2.81 bits per heavy atom. The summed E-state index contributed by atoms with van der Waals surface area (Å²) in [5.74, 6) is -0.315. The molecule has 0 saturated heterocycles. The molecule has 0 aliphatic rings. The van der Waals surface area contributed by atoms with Crippen molar-refractivity contribution in [3.05, 3.63) is 53.3 Å². The molecule has 3 aromatic rings. The maximum Gasteiger partial charge on any atom is 0.355 e. The van der Waals surface area contributed by atoms with Gasteiger partial charge in [-0.3, -0.25) is 5.10 Å². The molecule has 0 bridgehead atoms. The fourth-order valence-electron chi connectivity index (χ4n) is 2.50. The largest absolute Gasteiger partial charge is 0.461 e. The third-order valence-corrected chi connectivity index (χ3v) is 3.50. The number of nitrogens with one attached hydrogen (secondary N) is 2. The van der Waals surface area contributed by atoms with Gasteiger partial charge in [0.15, 0.2) is 0 Å². The molecule has 108 valence electrons. The molecule has 0 amide bonds. The van der Waals surface area contributed by atoms with E-state index in [1.54, 1.807) is 13.1 Å². The highest BCUT2D eigenvalue weighted by Crippen LogP contribution is 2.23. The molecule has 3 rings (SSSR count). The van der Waals surface area contributed by atoms with Gasteiger partial charge in [-0.25, -0.2) is 4.79 Å². The van der Waals surface area contributed by atoms with Gasteiger partial charge < -0.3 is 9.72 Å². The molecule has 0 atom stereocenters. The number of hydrogen-bond acceptors (Lipinski definition) is 3. The molecular formula is C16H17N3O2. The fraction of sp³-hybridized carbons (Fsp3) is 0.250. The Labute approximate surface area is 122 Å². The van der Waals surface area contributed by atoms with Crippen molar-refractivity contribution in [1.29, 1.82) is 0 Å². The normalized spacial score (nSPS) is 10.9. The van der Waals surface area contributed by atoms with Crippen LogP contribution in [0.4, 0.5) is 0 Å². The topological polar surface area (TPSA) is 70.8 Å². The summed E-state index contributed by atoms with van der Waals surface area (Å²) in [4.78, 5) is 15.1. The number of hydrogen-bond donors (Lipinski definition) is 2. The number of carbonyl (C=O) groups excluding carboxylic acids is 1. The van der Waals surface area contributed by atoms with E-state index in [9.17, 15) is 4.79 Å². The van der Waals surface area contributed by atoms with Crippen molar-refractivity contribution in [2.24, 2.45) is 0 Å². The van der Waals surface area contributed by atoms with Crippen molar-refractivity contribution < 1.29 is 9.53 Å². The average Bonchev–Trinajstić information content (AvgIpc) is 3.07. The van der Waals surface area contributed by atoms with E-state index in [4.69, 9.17) is 4.74 Å². The summed E-state index contributed by atoms with van der Waals surface area (Å²) in [5, 5.41) is 7.83. The van der Waals surface area contributed by atoms with Gasteiger partial charge in [0.05, 0.1) is 12.8 Å². The highest BCUT2D eigenvalue weighted by molar-refractivity contribution is 5.97. The average molecular weight is 283 g/mol. The molecule has 2 aromatic heterocycles. The summed E-state index contributed by atoms with van der Waals surface area (Å²) in [6.45, 7) is 2.17. The van der Waals surface area contributed by atoms with E-state index in [2.05, 4.69) is 27.3 Å². The molecule has 0 aliphatic heterocycles. The minimum Gasteiger partial charge on any atom is -0.461 e. The molecule has 0 fully saturated rings. The summed E-state index contributed by atoms with van der Waals surface area (Å²) >= 11 is 0. The van der Waals surface area contributed by atoms with Gasteiger partial charge in [0.1, 0.15) is 11.3 Å². The number of esters is 1. The fourth-order valence-corrected chi connectivity index (χ4v) is 2.50. The molecule has 0 unspecified atom stereocenters. The highest BCUT2D eigenvalue weighted by Gasteiger charge is 2.19. The molecule has 5 heteroatoms. The molecular weight excluding hydrogens is 266 g/mol. The number of rotatable bonds is 5. The lowest BCUT2D eigenvalue weighted by Crippen LogP contribution is -2.08. The first-order chi connectivity index (χ1) is 10.3. The van der Waals surface area contributed by atoms with Gasteiger partial charge in [0.25, 0.3) is 0 Å². The van der Waals surface area contributed by atoms with Gasteiger partial charge in [-0.2, -0.15) is 5.10 Å². The zero-order chi connectivity index (χ0) is 14.7. The number of aromatic nitrogens is 3. The summed E-state index contributed by atoms with van der Waals surface area (Å²) < 4.78 is 5.12. The molecule has 0 radical (unpaired) electrons. The zero-order valence-electron chi connectivity index (χ0n) is 11.8. The van der Waals surface area contributed by atoms with Crippen LogP contribution in [-0.4, -0.2) is 27.8 Å². The minimum absolute atomic E-state index is 0.315. The molecule has 0 spiro atoms. The second-order valence-corrected chi connectivity index (χ2v) is 4.84. The van der Waals surface area contributed by atoms with Crippen LogP contribution in [0.15, 0.2) is 36.5 Å². The van der Waals surface area contributed by atoms with Crippen molar-refractivity contribution in [3.8, 4) is 0 Å². The predicted octanol–water partition coefficient (Wildman–Crippen LogP) is 2.85. The number of nitrogens with zero attached hydrogens (tertiary/aromatic N) is 1. The molecule has 0 aliphatic carbocycles. The van der Waals surface area contributed by atoms with Crippen LogP contribution in [0.1, 0.15) is 28.5 Å². The van der Waals surface area contributed by atoms with Crippen LogP contribution in [0.5, 0.6) is 0 Å². The van der Waals surface area contributed by atoms with Crippen LogP contribution >= 0.6 is 0 Å². The van der Waals surface area contributed by atoms with Crippen molar-refractivity contribution in [1.82, 2.24) is 15.2 Å². The van der Waals surface area contributed by atoms with Crippen molar-refractivity contribution in [2.75, 3.05) is 6.61 Å². The number of carbonyl (C=O) groups is 1. The number of ether oxygens (including phenoxy) is 1. The van der Waals surface area contributed by atoms with E-state index in [1.165, 1.54) is 5.56 Å². The first-order valence-corrected chi connectivity index (χ1v) is 7.04. The van der Waals surface area contributed by atoms with Crippen LogP contribution in [0.25, 0.3) is 11.0 Å². The molecule has 1 aromatic carbocycles. The summed E-state index contributed by atoms with van der Waals surface area (Å²) in [7, 11) is 0. The summed E-state index contributed by atoms with van der Waals surface area (Å²) in [6, 6.07) is 10.2. The lowest BCUT2D eigenvalue weighted by atomic mass is 10.0. The van der Waals surface area contributed by atoms with E-state index in [0.29, 0.717) is 12.3 Å². The Balaban J connectivity index is 1.90. The van der Waals surface area contributed by atoms with Crippen molar-refractivity contribution >= 4 is 17.0 Å². The summed E-state index contributed by atoms with van der Waals surface area (Å²) in [5.41, 5.74) is 3.49. The van der Waals surface area contributed by atoms with E-state index in [1.807, 2.05) is 18.2 Å². The maximum absolute atomic E-state index is 12.1. The first-order valence-electron chi connectivity index (χ1n) is 7.04. The standard InChI is InChI=1S/C16H17N3O2/c1-2-21-16(20)14-12(13-10-17-19-15(13)18-14)9-8-11-6-4-3-5-7-11/h3-7,10H,2,8-9H2,1H3,(H2,17,18,19). The van der Waals surface area contributed by atoms with Crippen LogP contribution in [0.3, 0.4) is 0 Å². The highest BCUT2D eigenvalue weighted by atomic mass is 16.5. The third kappa shape index (κ3) is 2.67. The smallest absolute Gasteiger partial charge is 0.355 e. The lowest BCUT2D eigenvalue weighted by Gasteiger charge is -2.05. The second-order valence-electron chi connectivity index (χ2n) is 4.84. The Bertz CT molecular complexity index is 743. The number of aryl methyl sites for hydroxylation is 2. The Morgan fingerprint density at radius 2 is 2.05 bits per heavy atom. The lowest BCUT2D eigenvalue weighted by molar-refractivity contribution is 0.0519. The quantitative estimate of drug-likeness (QED) is 0.707. The zero-order valence-corrected chi connectivity index (χ0v) is 11.8. The van der Waals surface area contributed by atoms with E-state index in [0.717, 1.165) is 29.4 Å². The molecule has 2 heterocycles. The van der Waals surface area contributed by atoms with Gasteiger partial charge in [-0.05, 0) is 30.9 Å². The van der Waals surface area contributed by atoms with Crippen LogP contribution < -0.4 is 0 Å². The van der Waals surface area contributed by atoms with Crippen molar-refractivity contribution in [2.45, 2.75) is 19.8 Å². The van der Waals surface area contributed by atoms with Crippen molar-refractivity contribution in [3.63, 3.8) is 0 Å². The van der Waals surface area contributed by atoms with Gasteiger partial charge in [-0.15, -0.1) is 0 Å². The predicted molar refractivity (Wildman–Crippen MR) is 80.3 cm³/mol. The number of fused-ring (bicyclic) bond motifs is 1. The maximum atomic E-state index is 12.1. The van der Waals surface area contributed by atoms with E-state index >= 15 is 0 Å². The monoisotopic (exact) mass is 283 g/mol. The minimum atomic E-state index is -0.315. The molecule has 5 nitrogen and oxygen atoms in total. The second kappa shape index (κ2) is 5.83. The first kappa shape index (κ1) is 13.4. The molecule has 0 saturated carbocycles. The third-order valence-electron chi connectivity index (χ3n) is 3.50. The van der Waals surface area contributed by atoms with Gasteiger partial charge in [0.2, 0.25) is 0 Å². The SMILES string of the molecule is CCOC(=O)c1[nH]c2[nH]ncc2c1CCc1ccccc1. The molecule has 21 heavy (non-hydrogen) atoms. The number of benzene rings is 1. The van der Waals surface area contributed by atoms with Crippen LogP contribution in [-0.2, 0) is 17.6 Å². The van der Waals surface area contributed by atoms with Gasteiger partial charge >= 0.3 is 5.97 Å². The van der Waals surface area contributed by atoms with E-state index < -0.39 is 0 Å². The Morgan fingerprint density at radius 1 is 1.24 bits per heavy atom. The number of aromatic amines is 2. The number of H-pyrrole nitrogens is 2. The van der Waals surface area contributed by atoms with Crippen LogP contribution in [0, 0.1) is 0 Å². The molecule has 2 N–H and O–H groups in total. The Hall–Kier alpha value is -2.56. The summed E-state index contributed by atoms with van der Waals surface area (Å²) in [6.07, 6.45) is 3.37. The Kier molecular flexibility index (Phi) is 3.73. The van der Waals surface area contributed by atoms with E-state index in [-0.39, 0.29) is 5.97 Å². The van der Waals surface area contributed by atoms with Crippen LogP contribution in [0.2, 0.25) is 0 Å². The van der Waals surface area contributed by atoms with Gasteiger partial charge in [-0.1, -0.05) is 30.3 Å². The van der Waals surface area contributed by atoms with Gasteiger partial charge in [0, 0.05) is 5.39 Å².